The van der Waals surface area contributed by atoms with E-state index < -0.39 is 47.6 Å². The van der Waals surface area contributed by atoms with Crippen molar-refractivity contribution in [2.75, 3.05) is 11.1 Å². The third kappa shape index (κ3) is 15.5. The van der Waals surface area contributed by atoms with E-state index in [0.29, 0.717) is 16.7 Å². The second-order valence-corrected chi connectivity index (χ2v) is 12.2. The molecular formula is C36H36F6N8O9. The molecule has 0 aliphatic rings. The molecule has 0 radical (unpaired) electrons. The first kappa shape index (κ1) is 47.7. The highest BCUT2D eigenvalue weighted by Crippen LogP contribution is 2.24. The number of carbonyl (C=O) groups is 5. The molecule has 1 heterocycles. The molecule has 17 nitrogen and oxygen atoms in total. The van der Waals surface area contributed by atoms with E-state index in [0.717, 1.165) is 5.56 Å². The number of carboxylic acids is 3. The smallest absolute Gasteiger partial charge is 0.478 e. The molecule has 3 aromatic carbocycles. The summed E-state index contributed by atoms with van der Waals surface area (Å²) in [6.45, 7) is 3.70. The third-order valence-corrected chi connectivity index (χ3v) is 7.19. The Balaban J connectivity index is 0.000000732. The summed E-state index contributed by atoms with van der Waals surface area (Å²) in [7, 11) is 0. The molecular weight excluding hydrogens is 802 g/mol. The summed E-state index contributed by atoms with van der Waals surface area (Å²) < 4.78 is 64.7. The maximum absolute atomic E-state index is 13.5. The van der Waals surface area contributed by atoms with Gasteiger partial charge in [0.15, 0.2) is 5.82 Å². The fourth-order valence-electron chi connectivity index (χ4n) is 4.43. The Kier molecular flexibility index (Phi) is 16.7. The van der Waals surface area contributed by atoms with Crippen LogP contribution in [0.4, 0.5) is 37.8 Å². The second-order valence-electron chi connectivity index (χ2n) is 12.2. The predicted octanol–water partition coefficient (Wildman–Crippen LogP) is 3.81. The van der Waals surface area contributed by atoms with Crippen LogP contribution in [-0.2, 0) is 34.0 Å². The van der Waals surface area contributed by atoms with E-state index in [-0.39, 0.29) is 59.8 Å². The van der Waals surface area contributed by atoms with Crippen molar-refractivity contribution in [1.29, 1.82) is 5.41 Å². The lowest BCUT2D eigenvalue weighted by molar-refractivity contribution is -0.193. The van der Waals surface area contributed by atoms with Gasteiger partial charge in [0.2, 0.25) is 5.91 Å². The fraction of sp³-hybridized carbons (Fsp3) is 0.222. The molecule has 59 heavy (non-hydrogen) atoms. The third-order valence-electron chi connectivity index (χ3n) is 7.19. The Morgan fingerprint density at radius 3 is 1.69 bits per heavy atom. The standard InChI is InChI=1S/C32H34N8O5.2C2HF3O2/c1-18(2)39-29-31(43)40(17-27(41)36-14-19-3-7-21(8-4-19)28(34)35)26(16-37-29)23-11-24(13-25(33)12-23)30(42)38-15-20-5-9-22(10-6-20)32(44)45;2*3-2(4,5)1(6)7/h3-13,16,18H,14-15,17,33H2,1-2H3,(H3,34,35)(H,36,41)(H,37,39)(H,38,42)(H,44,45);2*(H,6,7). The highest BCUT2D eigenvalue weighted by molar-refractivity contribution is 5.97. The Morgan fingerprint density at radius 1 is 0.780 bits per heavy atom. The van der Waals surface area contributed by atoms with E-state index in [4.69, 9.17) is 41.8 Å². The van der Waals surface area contributed by atoms with Gasteiger partial charge in [-0.3, -0.25) is 24.4 Å². The van der Waals surface area contributed by atoms with Crippen LogP contribution in [0.3, 0.4) is 0 Å². The van der Waals surface area contributed by atoms with Crippen LogP contribution >= 0.6 is 0 Å². The Labute approximate surface area is 329 Å². The van der Waals surface area contributed by atoms with Crippen molar-refractivity contribution in [2.24, 2.45) is 5.73 Å². The van der Waals surface area contributed by atoms with Crippen molar-refractivity contribution in [3.63, 3.8) is 0 Å². The summed E-state index contributed by atoms with van der Waals surface area (Å²) >= 11 is 0. The lowest BCUT2D eigenvalue weighted by Crippen LogP contribution is -2.35. The van der Waals surface area contributed by atoms with Crippen molar-refractivity contribution < 1.29 is 65.6 Å². The number of aromatic nitrogens is 2. The number of benzene rings is 3. The molecule has 4 rings (SSSR count). The number of rotatable bonds is 12. The number of amides is 2. The van der Waals surface area contributed by atoms with Crippen LogP contribution in [0.25, 0.3) is 11.3 Å². The van der Waals surface area contributed by atoms with Crippen LogP contribution in [0.2, 0.25) is 0 Å². The minimum atomic E-state index is -5.08. The Hall–Kier alpha value is -7.46. The second kappa shape index (κ2) is 20.6. The first-order valence-corrected chi connectivity index (χ1v) is 16.5. The average Bonchev–Trinajstić information content (AvgIpc) is 3.14. The van der Waals surface area contributed by atoms with E-state index in [2.05, 4.69) is 20.9 Å². The molecule has 0 spiro atoms. The van der Waals surface area contributed by atoms with Crippen molar-refractivity contribution >= 4 is 47.1 Å². The lowest BCUT2D eigenvalue weighted by Gasteiger charge is -2.17. The average molecular weight is 839 g/mol. The van der Waals surface area contributed by atoms with E-state index in [1.54, 1.807) is 48.5 Å². The number of aliphatic carboxylic acids is 2. The van der Waals surface area contributed by atoms with Crippen molar-refractivity contribution in [1.82, 2.24) is 20.2 Å². The molecule has 23 heteroatoms. The number of nitrogen functional groups attached to an aromatic ring is 2. The van der Waals surface area contributed by atoms with Gasteiger partial charge in [-0.1, -0.05) is 36.4 Å². The summed E-state index contributed by atoms with van der Waals surface area (Å²) in [5.74, 6) is -7.43. The number of anilines is 2. The number of aromatic carboxylic acids is 1. The van der Waals surface area contributed by atoms with Gasteiger partial charge in [0.1, 0.15) is 12.4 Å². The number of nitrogens with zero attached hydrogens (tertiary/aromatic N) is 2. The van der Waals surface area contributed by atoms with Gasteiger partial charge >= 0.3 is 30.3 Å². The lowest BCUT2D eigenvalue weighted by atomic mass is 10.1. The molecule has 1 aromatic heterocycles. The summed E-state index contributed by atoms with van der Waals surface area (Å²) in [5.41, 5.74) is 14.5. The SMILES string of the molecule is CC(C)Nc1ncc(-c2cc(N)cc(C(=O)NCc3ccc(C(=O)O)cc3)c2)n(CC(=O)NCc2ccc(C(=N)N)cc2)c1=O.O=C(O)C(F)(F)F.O=C(O)C(F)(F)F. The zero-order valence-corrected chi connectivity index (χ0v) is 30.7. The quantitative estimate of drug-likeness (QED) is 0.0425. The van der Waals surface area contributed by atoms with Gasteiger partial charge in [-0.25, -0.2) is 19.4 Å². The maximum Gasteiger partial charge on any atom is 0.490 e. The molecule has 4 aromatic rings. The molecule has 0 bridgehead atoms. The predicted molar refractivity (Wildman–Crippen MR) is 198 cm³/mol. The van der Waals surface area contributed by atoms with Crippen LogP contribution in [0.5, 0.6) is 0 Å². The van der Waals surface area contributed by atoms with Crippen LogP contribution in [-0.4, -0.2) is 78.8 Å². The van der Waals surface area contributed by atoms with Crippen LogP contribution < -0.4 is 33.0 Å². The van der Waals surface area contributed by atoms with Crippen LogP contribution in [0.1, 0.15) is 51.3 Å². The zero-order chi connectivity index (χ0) is 44.8. The van der Waals surface area contributed by atoms with Gasteiger partial charge in [0.25, 0.3) is 11.5 Å². The Bertz CT molecular complexity index is 2200. The van der Waals surface area contributed by atoms with Crippen molar-refractivity contribution in [3.05, 3.63) is 111 Å². The topological polar surface area (TPSA) is 293 Å². The first-order valence-electron chi connectivity index (χ1n) is 16.5. The molecule has 0 fully saturated rings. The molecule has 316 valence electrons. The molecule has 11 N–H and O–H groups in total. The number of carbonyl (C=O) groups excluding carboxylic acids is 2. The number of hydrogen-bond donors (Lipinski definition) is 9. The maximum atomic E-state index is 13.5. The van der Waals surface area contributed by atoms with E-state index in [1.165, 1.54) is 29.0 Å². The molecule has 0 saturated heterocycles. The van der Waals surface area contributed by atoms with E-state index in [1.807, 2.05) is 13.8 Å². The largest absolute Gasteiger partial charge is 0.490 e. The van der Waals surface area contributed by atoms with Gasteiger partial charge < -0.3 is 42.7 Å². The molecule has 0 atom stereocenters. The monoisotopic (exact) mass is 838 g/mol. The van der Waals surface area contributed by atoms with Crippen molar-refractivity contribution in [2.45, 2.75) is 51.9 Å². The molecule has 2 amide bonds. The summed E-state index contributed by atoms with van der Waals surface area (Å²) in [4.78, 5) is 72.8. The highest BCUT2D eigenvalue weighted by atomic mass is 19.4. The number of halogens is 6. The molecule has 0 saturated carbocycles. The van der Waals surface area contributed by atoms with Gasteiger partial charge in [-0.05, 0) is 55.3 Å². The fourth-order valence-corrected chi connectivity index (χ4v) is 4.43. The number of amidine groups is 1. The van der Waals surface area contributed by atoms with E-state index >= 15 is 0 Å². The number of carboxylic acid groups (broad SMARTS) is 3. The zero-order valence-electron chi connectivity index (χ0n) is 30.7. The molecule has 0 unspecified atom stereocenters. The van der Waals surface area contributed by atoms with Crippen LogP contribution in [0, 0.1) is 5.41 Å². The van der Waals surface area contributed by atoms with Crippen molar-refractivity contribution in [3.8, 4) is 11.3 Å². The number of alkyl halides is 6. The summed E-state index contributed by atoms with van der Waals surface area (Å²) in [6, 6.07) is 17.5. The highest BCUT2D eigenvalue weighted by Gasteiger charge is 2.39. The van der Waals surface area contributed by atoms with Gasteiger partial charge in [-0.2, -0.15) is 26.3 Å². The first-order chi connectivity index (χ1) is 27.3. The number of nitrogens with two attached hydrogens (primary N) is 2. The van der Waals surface area contributed by atoms with Gasteiger partial charge in [-0.15, -0.1) is 0 Å². The van der Waals surface area contributed by atoms with E-state index in [9.17, 15) is 45.5 Å². The number of hydrogen-bond acceptors (Lipinski definition) is 10. The van der Waals surface area contributed by atoms with Gasteiger partial charge in [0, 0.05) is 41.5 Å². The Morgan fingerprint density at radius 2 is 1.25 bits per heavy atom. The normalized spacial score (nSPS) is 10.9. The molecule has 0 aliphatic heterocycles. The molecule has 0 aliphatic carbocycles. The number of nitrogens with one attached hydrogen (secondary N) is 4. The summed E-state index contributed by atoms with van der Waals surface area (Å²) in [6.07, 6.45) is -8.72. The summed E-state index contributed by atoms with van der Waals surface area (Å²) in [5, 5.41) is 39.4. The minimum Gasteiger partial charge on any atom is -0.478 e. The van der Waals surface area contributed by atoms with Crippen LogP contribution in [0.15, 0.2) is 77.7 Å². The minimum absolute atomic E-state index is 0.0598. The van der Waals surface area contributed by atoms with Gasteiger partial charge in [0.05, 0.1) is 17.5 Å².